The van der Waals surface area contributed by atoms with E-state index in [1.54, 1.807) is 31.4 Å². The summed E-state index contributed by atoms with van der Waals surface area (Å²) in [4.78, 5) is 23.8. The van der Waals surface area contributed by atoms with Crippen LogP contribution >= 0.6 is 0 Å². The second-order valence-corrected chi connectivity index (χ2v) is 5.52. The molecule has 2 aromatic carbocycles. The van der Waals surface area contributed by atoms with E-state index in [1.807, 2.05) is 0 Å². The zero-order valence-electron chi connectivity index (χ0n) is 14.3. The number of carbonyl (C=O) groups excluding carboxylic acids is 1. The predicted molar refractivity (Wildman–Crippen MR) is 92.9 cm³/mol. The zero-order valence-corrected chi connectivity index (χ0v) is 14.3. The maximum Gasteiger partial charge on any atom is 0.312 e. The molecule has 0 radical (unpaired) electrons. The summed E-state index contributed by atoms with van der Waals surface area (Å²) in [6.07, 6.45) is 0. The maximum atomic E-state index is 13.0. The second kappa shape index (κ2) is 9.53. The van der Waals surface area contributed by atoms with Gasteiger partial charge in [0.05, 0.1) is 12.5 Å². The minimum Gasteiger partial charge on any atom is -0.491 e. The van der Waals surface area contributed by atoms with Crippen LogP contribution in [-0.4, -0.2) is 43.9 Å². The van der Waals surface area contributed by atoms with Gasteiger partial charge in [-0.05, 0) is 35.9 Å². The predicted octanol–water partition coefficient (Wildman–Crippen LogP) is 2.45. The van der Waals surface area contributed by atoms with E-state index in [1.165, 1.54) is 24.3 Å². The van der Waals surface area contributed by atoms with Gasteiger partial charge in [-0.1, -0.05) is 18.2 Å². The first-order valence-corrected chi connectivity index (χ1v) is 7.99. The molecule has 0 aromatic heterocycles. The first kappa shape index (κ1) is 19.4. The summed E-state index contributed by atoms with van der Waals surface area (Å²) in [7, 11) is 1.56. The number of hydrogen-bond acceptors (Lipinski definition) is 4. The Morgan fingerprint density at radius 2 is 1.88 bits per heavy atom. The zero-order chi connectivity index (χ0) is 18.9. The van der Waals surface area contributed by atoms with Crippen molar-refractivity contribution in [1.29, 1.82) is 0 Å². The van der Waals surface area contributed by atoms with Crippen LogP contribution in [0.3, 0.4) is 0 Å². The first-order chi connectivity index (χ1) is 12.5. The quantitative estimate of drug-likeness (QED) is 0.670. The topological polar surface area (TPSA) is 84.9 Å². The maximum absolute atomic E-state index is 13.0. The average Bonchev–Trinajstić information content (AvgIpc) is 2.63. The van der Waals surface area contributed by atoms with Crippen molar-refractivity contribution in [3.8, 4) is 5.75 Å². The lowest BCUT2D eigenvalue weighted by Crippen LogP contribution is -2.31. The monoisotopic (exact) mass is 361 g/mol. The molecule has 0 saturated carbocycles. The fourth-order valence-corrected chi connectivity index (χ4v) is 2.31. The van der Waals surface area contributed by atoms with Gasteiger partial charge in [0.15, 0.2) is 0 Å². The van der Waals surface area contributed by atoms with Crippen molar-refractivity contribution in [1.82, 2.24) is 5.32 Å². The molecule has 138 valence electrons. The first-order valence-electron chi connectivity index (χ1n) is 7.99. The van der Waals surface area contributed by atoms with Gasteiger partial charge in [0, 0.05) is 19.2 Å². The number of rotatable bonds is 9. The van der Waals surface area contributed by atoms with E-state index >= 15 is 0 Å². The van der Waals surface area contributed by atoms with Crippen molar-refractivity contribution in [3.05, 3.63) is 65.5 Å². The standard InChI is InChI=1S/C19H20FNO5/c1-25-9-10-26-16-4-2-3-14(11-16)18(22)21-12-17(19(23)24)13-5-7-15(20)8-6-13/h2-8,11,17H,9-10,12H2,1H3,(H,21,22)(H,23,24). The molecule has 6 nitrogen and oxygen atoms in total. The Balaban J connectivity index is 2.00. The van der Waals surface area contributed by atoms with Gasteiger partial charge >= 0.3 is 5.97 Å². The number of nitrogens with one attached hydrogen (secondary N) is 1. The average molecular weight is 361 g/mol. The van der Waals surface area contributed by atoms with E-state index in [9.17, 15) is 19.1 Å². The number of benzene rings is 2. The van der Waals surface area contributed by atoms with Crippen LogP contribution in [0.1, 0.15) is 21.8 Å². The molecular formula is C19H20FNO5. The molecule has 7 heteroatoms. The van der Waals surface area contributed by atoms with Crippen molar-refractivity contribution in [3.63, 3.8) is 0 Å². The lowest BCUT2D eigenvalue weighted by molar-refractivity contribution is -0.138. The van der Waals surface area contributed by atoms with Crippen molar-refractivity contribution in [2.75, 3.05) is 26.9 Å². The minimum absolute atomic E-state index is 0.117. The van der Waals surface area contributed by atoms with Gasteiger partial charge in [-0.25, -0.2) is 4.39 Å². The van der Waals surface area contributed by atoms with Gasteiger partial charge in [-0.15, -0.1) is 0 Å². The van der Waals surface area contributed by atoms with E-state index in [4.69, 9.17) is 9.47 Å². The highest BCUT2D eigenvalue weighted by atomic mass is 19.1. The molecule has 1 unspecified atom stereocenters. The number of carboxylic acids is 1. The number of amides is 1. The Morgan fingerprint density at radius 3 is 2.54 bits per heavy atom. The highest BCUT2D eigenvalue weighted by Crippen LogP contribution is 2.17. The Labute approximate surface area is 150 Å². The number of ether oxygens (including phenoxy) is 2. The molecule has 26 heavy (non-hydrogen) atoms. The Morgan fingerprint density at radius 1 is 1.15 bits per heavy atom. The van der Waals surface area contributed by atoms with Crippen LogP contribution in [0, 0.1) is 5.82 Å². The lowest BCUT2D eigenvalue weighted by atomic mass is 9.99. The summed E-state index contributed by atoms with van der Waals surface area (Å²) in [5.74, 6) is -2.43. The summed E-state index contributed by atoms with van der Waals surface area (Å²) in [5, 5.41) is 12.0. The smallest absolute Gasteiger partial charge is 0.312 e. The van der Waals surface area contributed by atoms with E-state index in [2.05, 4.69) is 5.32 Å². The Bertz CT molecular complexity index is 748. The third-order valence-electron chi connectivity index (χ3n) is 3.69. The molecule has 2 rings (SSSR count). The minimum atomic E-state index is -1.10. The number of methoxy groups -OCH3 is 1. The third-order valence-corrected chi connectivity index (χ3v) is 3.69. The molecule has 1 atom stereocenters. The number of carbonyl (C=O) groups is 2. The number of hydrogen-bond donors (Lipinski definition) is 2. The van der Waals surface area contributed by atoms with Gasteiger partial charge in [-0.2, -0.15) is 0 Å². The van der Waals surface area contributed by atoms with E-state index < -0.39 is 23.6 Å². The molecule has 1 amide bonds. The molecular weight excluding hydrogens is 341 g/mol. The molecule has 2 aromatic rings. The van der Waals surface area contributed by atoms with E-state index in [0.717, 1.165) is 0 Å². The number of aliphatic carboxylic acids is 1. The van der Waals surface area contributed by atoms with Crippen LogP contribution in [0.15, 0.2) is 48.5 Å². The Kier molecular flexibility index (Phi) is 7.11. The summed E-state index contributed by atoms with van der Waals surface area (Å²) < 4.78 is 23.3. The van der Waals surface area contributed by atoms with Crippen molar-refractivity contribution >= 4 is 11.9 Å². The van der Waals surface area contributed by atoms with Crippen molar-refractivity contribution in [2.45, 2.75) is 5.92 Å². The van der Waals surface area contributed by atoms with Crippen LogP contribution in [-0.2, 0) is 9.53 Å². The Hall–Kier alpha value is -2.93. The summed E-state index contributed by atoms with van der Waals surface area (Å²) in [6.45, 7) is 0.663. The highest BCUT2D eigenvalue weighted by molar-refractivity contribution is 5.95. The molecule has 0 bridgehead atoms. The molecule has 0 aliphatic heterocycles. The summed E-state index contributed by atoms with van der Waals surface area (Å²) in [5.41, 5.74) is 0.763. The lowest BCUT2D eigenvalue weighted by Gasteiger charge is -2.14. The van der Waals surface area contributed by atoms with Crippen molar-refractivity contribution < 1.29 is 28.6 Å². The van der Waals surface area contributed by atoms with Gasteiger partial charge in [0.25, 0.3) is 5.91 Å². The van der Waals surface area contributed by atoms with Gasteiger partial charge in [0.1, 0.15) is 18.2 Å². The summed E-state index contributed by atoms with van der Waals surface area (Å²) in [6, 6.07) is 11.7. The largest absolute Gasteiger partial charge is 0.491 e. The van der Waals surface area contributed by atoms with Gasteiger partial charge in [-0.3, -0.25) is 9.59 Å². The van der Waals surface area contributed by atoms with Gasteiger partial charge in [0.2, 0.25) is 0 Å². The molecule has 0 saturated heterocycles. The van der Waals surface area contributed by atoms with Crippen LogP contribution in [0.4, 0.5) is 4.39 Å². The van der Waals surface area contributed by atoms with Gasteiger partial charge < -0.3 is 19.9 Å². The second-order valence-electron chi connectivity index (χ2n) is 5.52. The molecule has 0 aliphatic carbocycles. The van der Waals surface area contributed by atoms with Crippen LogP contribution in [0.2, 0.25) is 0 Å². The van der Waals surface area contributed by atoms with E-state index in [0.29, 0.717) is 30.1 Å². The fraction of sp³-hybridized carbons (Fsp3) is 0.263. The number of carboxylic acid groups (broad SMARTS) is 1. The van der Waals surface area contributed by atoms with Crippen LogP contribution in [0.25, 0.3) is 0 Å². The molecule has 0 spiro atoms. The molecule has 0 heterocycles. The third kappa shape index (κ3) is 5.56. The molecule has 2 N–H and O–H groups in total. The molecule has 0 fully saturated rings. The fourth-order valence-electron chi connectivity index (χ4n) is 2.31. The summed E-state index contributed by atoms with van der Waals surface area (Å²) >= 11 is 0. The number of halogens is 1. The SMILES string of the molecule is COCCOc1cccc(C(=O)NCC(C(=O)O)c2ccc(F)cc2)c1. The van der Waals surface area contributed by atoms with Crippen LogP contribution < -0.4 is 10.1 Å². The normalized spacial score (nSPS) is 11.6. The molecule has 0 aliphatic rings. The highest BCUT2D eigenvalue weighted by Gasteiger charge is 2.21. The van der Waals surface area contributed by atoms with Crippen LogP contribution in [0.5, 0.6) is 5.75 Å². The van der Waals surface area contributed by atoms with Crippen molar-refractivity contribution in [2.24, 2.45) is 0 Å². The van der Waals surface area contributed by atoms with E-state index in [-0.39, 0.29) is 6.54 Å².